The summed E-state index contributed by atoms with van der Waals surface area (Å²) in [6.45, 7) is 5.05. The fraction of sp³-hybridized carbons (Fsp3) is 0.562. The number of furan rings is 1. The maximum Gasteiger partial charge on any atom is 0.373 e. The van der Waals surface area contributed by atoms with E-state index in [0.29, 0.717) is 5.92 Å². The highest BCUT2D eigenvalue weighted by Gasteiger charge is 2.26. The SMILES string of the molecule is COC(=O)c1ccc([C@H](C)N2CCC(Cn3ccnn3)CC2)o1. The topological polar surface area (TPSA) is 73.4 Å². The number of nitrogens with zero attached hydrogens (tertiary/aromatic N) is 4. The number of carbonyl (C=O) groups excluding carboxylic acids is 1. The fourth-order valence-electron chi connectivity index (χ4n) is 3.09. The molecule has 0 saturated carbocycles. The van der Waals surface area contributed by atoms with Gasteiger partial charge in [0.15, 0.2) is 0 Å². The summed E-state index contributed by atoms with van der Waals surface area (Å²) in [5.74, 6) is 1.26. The van der Waals surface area contributed by atoms with Crippen LogP contribution < -0.4 is 0 Å². The lowest BCUT2D eigenvalue weighted by atomic mass is 9.95. The predicted molar refractivity (Wildman–Crippen MR) is 82.8 cm³/mol. The molecule has 1 saturated heterocycles. The molecule has 2 aromatic rings. The molecule has 124 valence electrons. The Morgan fingerprint density at radius 1 is 1.43 bits per heavy atom. The van der Waals surface area contributed by atoms with Crippen LogP contribution >= 0.6 is 0 Å². The molecule has 0 aromatic carbocycles. The van der Waals surface area contributed by atoms with E-state index in [4.69, 9.17) is 4.42 Å². The zero-order valence-corrected chi connectivity index (χ0v) is 13.5. The van der Waals surface area contributed by atoms with Gasteiger partial charge in [0.05, 0.1) is 19.3 Å². The number of ether oxygens (including phenoxy) is 1. The maximum atomic E-state index is 11.5. The van der Waals surface area contributed by atoms with E-state index in [9.17, 15) is 4.79 Å². The largest absolute Gasteiger partial charge is 0.463 e. The predicted octanol–water partition coefficient (Wildman–Crippen LogP) is 2.13. The van der Waals surface area contributed by atoms with Crippen molar-refractivity contribution in [2.75, 3.05) is 20.2 Å². The second-order valence-corrected chi connectivity index (χ2v) is 5.97. The minimum absolute atomic E-state index is 0.153. The number of hydrogen-bond acceptors (Lipinski definition) is 6. The molecule has 7 nitrogen and oxygen atoms in total. The van der Waals surface area contributed by atoms with Crippen LogP contribution in [0.2, 0.25) is 0 Å². The first kappa shape index (κ1) is 15.7. The molecule has 1 atom stereocenters. The van der Waals surface area contributed by atoms with Crippen molar-refractivity contribution in [3.8, 4) is 0 Å². The molecule has 0 spiro atoms. The van der Waals surface area contributed by atoms with Crippen molar-refractivity contribution in [3.63, 3.8) is 0 Å². The van der Waals surface area contributed by atoms with E-state index >= 15 is 0 Å². The Bertz CT molecular complexity index is 630. The minimum Gasteiger partial charge on any atom is -0.463 e. The molecule has 0 aliphatic carbocycles. The number of likely N-dealkylation sites (tertiary alicyclic amines) is 1. The maximum absolute atomic E-state index is 11.5. The van der Waals surface area contributed by atoms with Gasteiger partial charge in [-0.2, -0.15) is 0 Å². The van der Waals surface area contributed by atoms with Gasteiger partial charge in [-0.3, -0.25) is 9.58 Å². The highest BCUT2D eigenvalue weighted by atomic mass is 16.5. The van der Waals surface area contributed by atoms with Gasteiger partial charge in [-0.15, -0.1) is 5.10 Å². The average molecular weight is 318 g/mol. The van der Waals surface area contributed by atoms with Gasteiger partial charge in [0, 0.05) is 12.7 Å². The number of hydrogen-bond donors (Lipinski definition) is 0. The van der Waals surface area contributed by atoms with Crippen LogP contribution in [0.5, 0.6) is 0 Å². The lowest BCUT2D eigenvalue weighted by Crippen LogP contribution is -2.36. The molecule has 3 heterocycles. The first-order valence-corrected chi connectivity index (χ1v) is 7.93. The van der Waals surface area contributed by atoms with E-state index < -0.39 is 5.97 Å². The van der Waals surface area contributed by atoms with Crippen molar-refractivity contribution in [2.45, 2.75) is 32.4 Å². The third kappa shape index (κ3) is 3.61. The Balaban J connectivity index is 1.54. The first-order chi connectivity index (χ1) is 11.2. The average Bonchev–Trinajstić information content (AvgIpc) is 3.26. The molecule has 2 aromatic heterocycles. The van der Waals surface area contributed by atoms with Crippen molar-refractivity contribution >= 4 is 5.97 Å². The zero-order valence-electron chi connectivity index (χ0n) is 13.5. The molecule has 7 heteroatoms. The third-order valence-corrected chi connectivity index (χ3v) is 4.54. The summed E-state index contributed by atoms with van der Waals surface area (Å²) in [7, 11) is 1.36. The number of rotatable bonds is 5. The van der Waals surface area contributed by atoms with Gasteiger partial charge in [0.25, 0.3) is 0 Å². The quantitative estimate of drug-likeness (QED) is 0.786. The highest BCUT2D eigenvalue weighted by molar-refractivity contribution is 5.86. The Labute approximate surface area is 135 Å². The smallest absolute Gasteiger partial charge is 0.373 e. The summed E-state index contributed by atoms with van der Waals surface area (Å²) in [5, 5.41) is 7.88. The first-order valence-electron chi connectivity index (χ1n) is 7.93. The van der Waals surface area contributed by atoms with E-state index in [1.54, 1.807) is 12.3 Å². The van der Waals surface area contributed by atoms with Gasteiger partial charge in [-0.1, -0.05) is 5.21 Å². The number of carbonyl (C=O) groups is 1. The van der Waals surface area contributed by atoms with Crippen molar-refractivity contribution in [2.24, 2.45) is 5.92 Å². The Morgan fingerprint density at radius 3 is 2.87 bits per heavy atom. The Kier molecular flexibility index (Phi) is 4.76. The molecule has 0 bridgehead atoms. The third-order valence-electron chi connectivity index (χ3n) is 4.54. The lowest BCUT2D eigenvalue weighted by molar-refractivity contribution is 0.0556. The summed E-state index contributed by atoms with van der Waals surface area (Å²) in [6.07, 6.45) is 5.86. The van der Waals surface area contributed by atoms with Crippen LogP contribution in [0, 0.1) is 5.92 Å². The summed E-state index contributed by atoms with van der Waals surface area (Å²) < 4.78 is 12.2. The van der Waals surface area contributed by atoms with Crippen LogP contribution in [0.15, 0.2) is 28.9 Å². The van der Waals surface area contributed by atoms with Gasteiger partial charge in [-0.25, -0.2) is 4.79 Å². The summed E-state index contributed by atoms with van der Waals surface area (Å²) >= 11 is 0. The second-order valence-electron chi connectivity index (χ2n) is 5.97. The van der Waals surface area contributed by atoms with Crippen LogP contribution in [-0.2, 0) is 11.3 Å². The standard InChI is InChI=1S/C16H22N4O3/c1-12(14-3-4-15(23-14)16(21)22-2)19-8-5-13(6-9-19)11-20-10-7-17-18-20/h3-4,7,10,12-13H,5-6,8-9,11H2,1-2H3/t12-/m0/s1. The Morgan fingerprint density at radius 2 is 2.22 bits per heavy atom. The van der Waals surface area contributed by atoms with Crippen LogP contribution in [-0.4, -0.2) is 46.1 Å². The summed E-state index contributed by atoms with van der Waals surface area (Å²) in [5.41, 5.74) is 0. The van der Waals surface area contributed by atoms with Crippen molar-refractivity contribution in [1.82, 2.24) is 19.9 Å². The van der Waals surface area contributed by atoms with E-state index in [1.165, 1.54) is 7.11 Å². The van der Waals surface area contributed by atoms with Crippen LogP contribution in [0.4, 0.5) is 0 Å². The fourth-order valence-corrected chi connectivity index (χ4v) is 3.09. The second kappa shape index (κ2) is 6.95. The van der Waals surface area contributed by atoms with Crippen LogP contribution in [0.3, 0.4) is 0 Å². The zero-order chi connectivity index (χ0) is 16.2. The number of esters is 1. The molecule has 0 N–H and O–H groups in total. The van der Waals surface area contributed by atoms with Crippen LogP contribution in [0.1, 0.15) is 42.1 Å². The van der Waals surface area contributed by atoms with Gasteiger partial charge in [-0.05, 0) is 50.9 Å². The Hall–Kier alpha value is -2.15. The van der Waals surface area contributed by atoms with Crippen molar-refractivity contribution < 1.29 is 13.9 Å². The molecule has 3 rings (SSSR count). The van der Waals surface area contributed by atoms with Crippen LogP contribution in [0.25, 0.3) is 0 Å². The van der Waals surface area contributed by atoms with E-state index in [-0.39, 0.29) is 11.8 Å². The molecular weight excluding hydrogens is 296 g/mol. The lowest BCUT2D eigenvalue weighted by Gasteiger charge is -2.35. The summed E-state index contributed by atoms with van der Waals surface area (Å²) in [6, 6.07) is 3.69. The molecule has 0 radical (unpaired) electrons. The molecule has 0 amide bonds. The highest BCUT2D eigenvalue weighted by Crippen LogP contribution is 2.28. The van der Waals surface area contributed by atoms with Gasteiger partial charge < -0.3 is 9.15 Å². The number of aromatic nitrogens is 3. The van der Waals surface area contributed by atoms with Gasteiger partial charge in [0.2, 0.25) is 5.76 Å². The minimum atomic E-state index is -0.435. The molecule has 0 unspecified atom stereocenters. The molecule has 23 heavy (non-hydrogen) atoms. The normalized spacial score (nSPS) is 18.0. The molecule has 1 aliphatic heterocycles. The number of piperidine rings is 1. The number of methoxy groups -OCH3 is 1. The monoisotopic (exact) mass is 318 g/mol. The van der Waals surface area contributed by atoms with Gasteiger partial charge in [0.1, 0.15) is 5.76 Å². The molecular formula is C16H22N4O3. The molecule has 1 aliphatic rings. The van der Waals surface area contributed by atoms with E-state index in [2.05, 4.69) is 26.9 Å². The van der Waals surface area contributed by atoms with Crippen molar-refractivity contribution in [3.05, 3.63) is 36.0 Å². The summed E-state index contributed by atoms with van der Waals surface area (Å²) in [4.78, 5) is 13.9. The molecule has 1 fully saturated rings. The van der Waals surface area contributed by atoms with Crippen molar-refractivity contribution in [1.29, 1.82) is 0 Å². The van der Waals surface area contributed by atoms with E-state index in [1.807, 2.05) is 16.9 Å². The van der Waals surface area contributed by atoms with Gasteiger partial charge >= 0.3 is 5.97 Å². The van der Waals surface area contributed by atoms with E-state index in [0.717, 1.165) is 38.2 Å².